The summed E-state index contributed by atoms with van der Waals surface area (Å²) in [6.45, 7) is 1.27. The van der Waals surface area contributed by atoms with Gasteiger partial charge in [-0.3, -0.25) is 0 Å². The summed E-state index contributed by atoms with van der Waals surface area (Å²) in [6.07, 6.45) is 0. The van der Waals surface area contributed by atoms with E-state index >= 15 is 0 Å². The minimum atomic E-state index is 0.524. The molecular formula is C10H14ClNOS. The lowest BCUT2D eigenvalue weighted by Crippen LogP contribution is -1.99. The zero-order chi connectivity index (χ0) is 10.4. The molecule has 0 aliphatic carbocycles. The minimum absolute atomic E-state index is 0.524. The summed E-state index contributed by atoms with van der Waals surface area (Å²) in [5.41, 5.74) is 6.72. The molecule has 2 nitrogen and oxygen atoms in total. The Morgan fingerprint density at radius 1 is 1.50 bits per heavy atom. The Labute approximate surface area is 93.8 Å². The van der Waals surface area contributed by atoms with Crippen molar-refractivity contribution >= 4 is 23.4 Å². The van der Waals surface area contributed by atoms with Gasteiger partial charge < -0.3 is 10.5 Å². The fraction of sp³-hybridized carbons (Fsp3) is 0.400. The van der Waals surface area contributed by atoms with E-state index in [1.165, 1.54) is 4.90 Å². The molecular weight excluding hydrogens is 218 g/mol. The fourth-order valence-corrected chi connectivity index (χ4v) is 2.24. The first-order valence-electron chi connectivity index (χ1n) is 4.38. The third-order valence-corrected chi connectivity index (χ3v) is 3.10. The Hall–Kier alpha value is -0.220. The standard InChI is InChI=1S/C10H14ClNOS/c1-13-4-5-14-10-3-2-9(11)6-8(10)7-12/h2-3,6H,4-5,7,12H2,1H3. The molecule has 0 bridgehead atoms. The van der Waals surface area contributed by atoms with E-state index in [-0.39, 0.29) is 0 Å². The van der Waals surface area contributed by atoms with E-state index in [0.29, 0.717) is 6.54 Å². The molecule has 1 aromatic rings. The Bertz CT molecular complexity index is 293. The molecule has 0 unspecified atom stereocenters. The number of ether oxygens (including phenoxy) is 1. The van der Waals surface area contributed by atoms with Crippen LogP contribution in [0.4, 0.5) is 0 Å². The first-order valence-corrected chi connectivity index (χ1v) is 5.74. The van der Waals surface area contributed by atoms with Crippen molar-refractivity contribution in [2.24, 2.45) is 5.73 Å². The lowest BCUT2D eigenvalue weighted by molar-refractivity contribution is 0.218. The molecule has 78 valence electrons. The van der Waals surface area contributed by atoms with Crippen LogP contribution in [0.2, 0.25) is 5.02 Å². The Morgan fingerprint density at radius 3 is 2.93 bits per heavy atom. The molecule has 0 saturated carbocycles. The van der Waals surface area contributed by atoms with E-state index in [1.807, 2.05) is 18.2 Å². The fourth-order valence-electron chi connectivity index (χ4n) is 1.08. The molecule has 0 aliphatic rings. The summed E-state index contributed by atoms with van der Waals surface area (Å²) in [5.74, 6) is 0.936. The number of nitrogens with two attached hydrogens (primary N) is 1. The normalized spacial score (nSPS) is 10.5. The molecule has 0 heterocycles. The zero-order valence-electron chi connectivity index (χ0n) is 8.13. The molecule has 0 amide bonds. The van der Waals surface area contributed by atoms with E-state index in [0.717, 1.165) is 22.9 Å². The molecule has 0 fully saturated rings. The molecule has 0 radical (unpaired) electrons. The highest BCUT2D eigenvalue weighted by Gasteiger charge is 2.02. The number of halogens is 1. The second kappa shape index (κ2) is 6.30. The van der Waals surface area contributed by atoms with Gasteiger partial charge in [-0.25, -0.2) is 0 Å². The van der Waals surface area contributed by atoms with Crippen LogP contribution in [0.25, 0.3) is 0 Å². The second-order valence-corrected chi connectivity index (χ2v) is 4.37. The van der Waals surface area contributed by atoms with E-state index in [4.69, 9.17) is 22.1 Å². The van der Waals surface area contributed by atoms with Crippen molar-refractivity contribution in [2.75, 3.05) is 19.5 Å². The number of benzene rings is 1. The molecule has 1 aromatic carbocycles. The maximum absolute atomic E-state index is 5.87. The van der Waals surface area contributed by atoms with Gasteiger partial charge in [0.1, 0.15) is 0 Å². The molecule has 0 spiro atoms. The van der Waals surface area contributed by atoms with Gasteiger partial charge in [-0.2, -0.15) is 0 Å². The quantitative estimate of drug-likeness (QED) is 0.625. The van der Waals surface area contributed by atoms with E-state index < -0.39 is 0 Å². The molecule has 4 heteroatoms. The van der Waals surface area contributed by atoms with Gasteiger partial charge in [0.05, 0.1) is 6.61 Å². The van der Waals surface area contributed by atoms with Crippen LogP contribution in [0.15, 0.2) is 23.1 Å². The van der Waals surface area contributed by atoms with E-state index in [2.05, 4.69) is 0 Å². The Morgan fingerprint density at radius 2 is 2.29 bits per heavy atom. The third kappa shape index (κ3) is 3.50. The summed E-state index contributed by atoms with van der Waals surface area (Å²) >= 11 is 7.61. The number of rotatable bonds is 5. The average molecular weight is 232 g/mol. The number of hydrogen-bond donors (Lipinski definition) is 1. The largest absolute Gasteiger partial charge is 0.384 e. The highest BCUT2D eigenvalue weighted by atomic mass is 35.5. The topological polar surface area (TPSA) is 35.2 Å². The van der Waals surface area contributed by atoms with Crippen molar-refractivity contribution in [3.8, 4) is 0 Å². The van der Waals surface area contributed by atoms with Gasteiger partial charge in [-0.1, -0.05) is 11.6 Å². The molecule has 2 N–H and O–H groups in total. The highest BCUT2D eigenvalue weighted by Crippen LogP contribution is 2.25. The van der Waals surface area contributed by atoms with Crippen molar-refractivity contribution in [3.05, 3.63) is 28.8 Å². The first kappa shape index (κ1) is 11.9. The number of hydrogen-bond acceptors (Lipinski definition) is 3. The molecule has 0 saturated heterocycles. The number of thioether (sulfide) groups is 1. The van der Waals surface area contributed by atoms with Crippen LogP contribution < -0.4 is 5.73 Å². The van der Waals surface area contributed by atoms with Gasteiger partial charge in [0.15, 0.2) is 0 Å². The van der Waals surface area contributed by atoms with Crippen LogP contribution in [0.3, 0.4) is 0 Å². The SMILES string of the molecule is COCCSc1ccc(Cl)cc1CN. The van der Waals surface area contributed by atoms with Gasteiger partial charge in [-0.05, 0) is 23.8 Å². The van der Waals surface area contributed by atoms with Gasteiger partial charge in [-0.15, -0.1) is 11.8 Å². The molecule has 0 atom stereocenters. The van der Waals surface area contributed by atoms with Crippen LogP contribution in [0, 0.1) is 0 Å². The average Bonchev–Trinajstić information content (AvgIpc) is 2.20. The summed E-state index contributed by atoms with van der Waals surface area (Å²) in [7, 11) is 1.70. The lowest BCUT2D eigenvalue weighted by atomic mass is 10.2. The predicted octanol–water partition coefficient (Wildman–Crippen LogP) is 2.54. The van der Waals surface area contributed by atoms with Crippen LogP contribution in [0.5, 0.6) is 0 Å². The van der Waals surface area contributed by atoms with Crippen LogP contribution >= 0.6 is 23.4 Å². The van der Waals surface area contributed by atoms with Crippen molar-refractivity contribution < 1.29 is 4.74 Å². The van der Waals surface area contributed by atoms with Crippen molar-refractivity contribution in [2.45, 2.75) is 11.4 Å². The monoisotopic (exact) mass is 231 g/mol. The van der Waals surface area contributed by atoms with Gasteiger partial charge in [0, 0.05) is 29.3 Å². The van der Waals surface area contributed by atoms with Crippen molar-refractivity contribution in [1.29, 1.82) is 0 Å². The summed E-state index contributed by atoms with van der Waals surface area (Å²) < 4.78 is 4.98. The van der Waals surface area contributed by atoms with E-state index in [1.54, 1.807) is 18.9 Å². The summed E-state index contributed by atoms with van der Waals surface area (Å²) in [5, 5.41) is 0.738. The van der Waals surface area contributed by atoms with Crippen molar-refractivity contribution in [3.63, 3.8) is 0 Å². The molecule has 0 aliphatic heterocycles. The summed E-state index contributed by atoms with van der Waals surface area (Å²) in [4.78, 5) is 1.19. The smallest absolute Gasteiger partial charge is 0.0556 e. The summed E-state index contributed by atoms with van der Waals surface area (Å²) in [6, 6.07) is 5.80. The molecule has 14 heavy (non-hydrogen) atoms. The van der Waals surface area contributed by atoms with Gasteiger partial charge in [0.2, 0.25) is 0 Å². The van der Waals surface area contributed by atoms with Crippen LogP contribution in [-0.2, 0) is 11.3 Å². The van der Waals surface area contributed by atoms with Crippen molar-refractivity contribution in [1.82, 2.24) is 0 Å². The highest BCUT2D eigenvalue weighted by molar-refractivity contribution is 7.99. The Balaban J connectivity index is 2.65. The predicted molar refractivity (Wildman–Crippen MR) is 61.9 cm³/mol. The van der Waals surface area contributed by atoms with E-state index in [9.17, 15) is 0 Å². The maximum Gasteiger partial charge on any atom is 0.0556 e. The third-order valence-electron chi connectivity index (χ3n) is 1.79. The zero-order valence-corrected chi connectivity index (χ0v) is 9.70. The molecule has 0 aromatic heterocycles. The first-order chi connectivity index (χ1) is 6.77. The van der Waals surface area contributed by atoms with Gasteiger partial charge >= 0.3 is 0 Å². The van der Waals surface area contributed by atoms with Crippen LogP contribution in [0.1, 0.15) is 5.56 Å². The van der Waals surface area contributed by atoms with Gasteiger partial charge in [0.25, 0.3) is 0 Å². The number of methoxy groups -OCH3 is 1. The second-order valence-electron chi connectivity index (χ2n) is 2.80. The minimum Gasteiger partial charge on any atom is -0.384 e. The molecule has 1 rings (SSSR count). The Kier molecular flexibility index (Phi) is 5.33. The maximum atomic E-state index is 5.87. The van der Waals surface area contributed by atoms with Crippen LogP contribution in [-0.4, -0.2) is 19.5 Å². The lowest BCUT2D eigenvalue weighted by Gasteiger charge is -2.07.